The minimum absolute atomic E-state index is 0.169. The molecule has 0 spiro atoms. The zero-order valence-electron chi connectivity index (χ0n) is 9.06. The second-order valence-electron chi connectivity index (χ2n) is 3.10. The molecule has 0 unspecified atom stereocenters. The van der Waals surface area contributed by atoms with Crippen molar-refractivity contribution in [2.24, 2.45) is 0 Å². The van der Waals surface area contributed by atoms with E-state index in [-0.39, 0.29) is 5.95 Å². The molecule has 0 aliphatic heterocycles. The number of nitro groups is 1. The molecule has 0 aromatic carbocycles. The van der Waals surface area contributed by atoms with Gasteiger partial charge in [-0.05, 0) is 11.8 Å². The highest BCUT2D eigenvalue weighted by Gasteiger charge is 2.16. The van der Waals surface area contributed by atoms with Crippen LogP contribution in [0.3, 0.4) is 0 Å². The molecule has 2 aromatic heterocycles. The Morgan fingerprint density at radius 3 is 2.82 bits per heavy atom. The van der Waals surface area contributed by atoms with Crippen LogP contribution < -0.4 is 4.74 Å². The molecule has 0 aliphatic rings. The summed E-state index contributed by atoms with van der Waals surface area (Å²) in [5.74, 6) is 0.0159. The lowest BCUT2D eigenvalue weighted by atomic mass is 10.4. The standard InChI is InChI=1S/C8H8N6O3/c1-5-3-6(17-2)11-8(10-5)13-4-9-7(12-13)14(15)16/h3-4H,1-2H3. The molecule has 88 valence electrons. The Hall–Kier alpha value is -2.58. The lowest BCUT2D eigenvalue weighted by Gasteiger charge is -2.01. The summed E-state index contributed by atoms with van der Waals surface area (Å²) >= 11 is 0. The molecule has 0 radical (unpaired) electrons. The topological polar surface area (TPSA) is 109 Å². The van der Waals surface area contributed by atoms with E-state index in [1.165, 1.54) is 13.4 Å². The molecule has 2 aromatic rings. The lowest BCUT2D eigenvalue weighted by molar-refractivity contribution is -0.394. The molecule has 0 N–H and O–H groups in total. The molecule has 0 atom stereocenters. The quantitative estimate of drug-likeness (QED) is 0.556. The van der Waals surface area contributed by atoms with Crippen molar-refractivity contribution in [1.29, 1.82) is 0 Å². The maximum atomic E-state index is 10.4. The third-order valence-electron chi connectivity index (χ3n) is 1.88. The first-order valence-corrected chi connectivity index (χ1v) is 4.56. The Balaban J connectivity index is 2.44. The van der Waals surface area contributed by atoms with Crippen molar-refractivity contribution in [1.82, 2.24) is 24.7 Å². The van der Waals surface area contributed by atoms with Gasteiger partial charge >= 0.3 is 5.95 Å². The van der Waals surface area contributed by atoms with Crippen molar-refractivity contribution in [2.45, 2.75) is 6.92 Å². The summed E-state index contributed by atoms with van der Waals surface area (Å²) in [6.07, 6.45) is 1.17. The van der Waals surface area contributed by atoms with Gasteiger partial charge in [-0.1, -0.05) is 4.98 Å². The molecule has 2 heterocycles. The van der Waals surface area contributed by atoms with Gasteiger partial charge in [0.1, 0.15) is 0 Å². The average molecular weight is 236 g/mol. The van der Waals surface area contributed by atoms with Crippen LogP contribution in [0.15, 0.2) is 12.4 Å². The Morgan fingerprint density at radius 1 is 1.47 bits per heavy atom. The van der Waals surface area contributed by atoms with Crippen LogP contribution in [0.5, 0.6) is 5.88 Å². The number of hydrogen-bond acceptors (Lipinski definition) is 7. The Bertz CT molecular complexity index is 566. The first-order valence-electron chi connectivity index (χ1n) is 4.56. The van der Waals surface area contributed by atoms with Gasteiger partial charge in [-0.2, -0.15) is 4.98 Å². The molecular formula is C8H8N6O3. The highest BCUT2D eigenvalue weighted by Crippen LogP contribution is 2.11. The number of aromatic nitrogens is 5. The second-order valence-corrected chi connectivity index (χ2v) is 3.10. The average Bonchev–Trinajstić information content (AvgIpc) is 2.77. The van der Waals surface area contributed by atoms with Crippen molar-refractivity contribution < 1.29 is 9.66 Å². The van der Waals surface area contributed by atoms with E-state index in [1.54, 1.807) is 13.0 Å². The molecule has 9 nitrogen and oxygen atoms in total. The highest BCUT2D eigenvalue weighted by atomic mass is 16.6. The summed E-state index contributed by atoms with van der Waals surface area (Å²) in [6, 6.07) is 1.63. The molecule has 9 heteroatoms. The van der Waals surface area contributed by atoms with Gasteiger partial charge in [-0.15, -0.1) is 4.68 Å². The van der Waals surface area contributed by atoms with Crippen molar-refractivity contribution in [3.05, 3.63) is 28.2 Å². The number of hydrogen-bond donors (Lipinski definition) is 0. The summed E-state index contributed by atoms with van der Waals surface area (Å²) in [5.41, 5.74) is 0.657. The van der Waals surface area contributed by atoms with E-state index in [0.29, 0.717) is 11.6 Å². The monoisotopic (exact) mass is 236 g/mol. The van der Waals surface area contributed by atoms with E-state index >= 15 is 0 Å². The highest BCUT2D eigenvalue weighted by molar-refractivity contribution is 5.22. The molecule has 0 aliphatic carbocycles. The first kappa shape index (κ1) is 10.9. The van der Waals surface area contributed by atoms with Crippen LogP contribution in [0, 0.1) is 17.0 Å². The Labute approximate surface area is 95.3 Å². The van der Waals surface area contributed by atoms with Crippen molar-refractivity contribution in [3.8, 4) is 11.8 Å². The van der Waals surface area contributed by atoms with Crippen LogP contribution in [0.2, 0.25) is 0 Å². The van der Waals surface area contributed by atoms with Crippen LogP contribution in [0.1, 0.15) is 5.69 Å². The van der Waals surface area contributed by atoms with Crippen molar-refractivity contribution >= 4 is 5.95 Å². The van der Waals surface area contributed by atoms with Crippen LogP contribution in [0.25, 0.3) is 5.95 Å². The summed E-state index contributed by atoms with van der Waals surface area (Å²) in [7, 11) is 1.47. The summed E-state index contributed by atoms with van der Waals surface area (Å²) in [5, 5.41) is 14.1. The van der Waals surface area contributed by atoms with Gasteiger partial charge in [0.2, 0.25) is 12.2 Å². The number of methoxy groups -OCH3 is 1. The van der Waals surface area contributed by atoms with E-state index < -0.39 is 10.9 Å². The zero-order chi connectivity index (χ0) is 12.4. The second kappa shape index (κ2) is 4.12. The number of rotatable bonds is 3. The Morgan fingerprint density at radius 2 is 2.24 bits per heavy atom. The van der Waals surface area contributed by atoms with E-state index in [1.807, 2.05) is 0 Å². The molecule has 0 fully saturated rings. The molecule has 0 saturated heterocycles. The normalized spacial score (nSPS) is 10.2. The van der Waals surface area contributed by atoms with E-state index in [9.17, 15) is 10.1 Å². The SMILES string of the molecule is COc1cc(C)nc(-n2cnc([N+](=O)[O-])n2)n1. The smallest absolute Gasteiger partial charge is 0.481 e. The van der Waals surface area contributed by atoms with Gasteiger partial charge in [0.15, 0.2) is 0 Å². The largest absolute Gasteiger partial charge is 0.491 e. The predicted molar refractivity (Wildman–Crippen MR) is 54.9 cm³/mol. The van der Waals surface area contributed by atoms with Crippen molar-refractivity contribution in [3.63, 3.8) is 0 Å². The molecule has 0 saturated carbocycles. The van der Waals surface area contributed by atoms with Crippen LogP contribution in [-0.4, -0.2) is 36.8 Å². The predicted octanol–water partition coefficient (Wildman–Crippen LogP) is 0.283. The molecule has 2 rings (SSSR count). The third kappa shape index (κ3) is 2.17. The van der Waals surface area contributed by atoms with E-state index in [0.717, 1.165) is 4.68 Å². The molecule has 0 amide bonds. The zero-order valence-corrected chi connectivity index (χ0v) is 9.06. The minimum Gasteiger partial charge on any atom is -0.481 e. The number of ether oxygens (including phenoxy) is 1. The van der Waals surface area contributed by atoms with E-state index in [4.69, 9.17) is 4.74 Å². The fourth-order valence-corrected chi connectivity index (χ4v) is 1.17. The van der Waals surface area contributed by atoms with E-state index in [2.05, 4.69) is 20.1 Å². The molecule has 0 bridgehead atoms. The van der Waals surface area contributed by atoms with Crippen LogP contribution >= 0.6 is 0 Å². The Kier molecular flexibility index (Phi) is 2.65. The number of aryl methyl sites for hydroxylation is 1. The van der Waals surface area contributed by atoms with Crippen LogP contribution in [0.4, 0.5) is 5.95 Å². The maximum absolute atomic E-state index is 10.4. The molecule has 17 heavy (non-hydrogen) atoms. The molecular weight excluding hydrogens is 228 g/mol. The first-order chi connectivity index (χ1) is 8.10. The van der Waals surface area contributed by atoms with Gasteiger partial charge in [0, 0.05) is 16.9 Å². The summed E-state index contributed by atoms with van der Waals surface area (Å²) in [6.45, 7) is 1.75. The maximum Gasteiger partial charge on any atom is 0.491 e. The minimum atomic E-state index is -0.691. The summed E-state index contributed by atoms with van der Waals surface area (Å²) in [4.78, 5) is 21.3. The van der Waals surface area contributed by atoms with Gasteiger partial charge in [0.05, 0.1) is 7.11 Å². The third-order valence-corrected chi connectivity index (χ3v) is 1.88. The fraction of sp³-hybridized carbons (Fsp3) is 0.250. The van der Waals surface area contributed by atoms with Gasteiger partial charge < -0.3 is 14.9 Å². The summed E-state index contributed by atoms with van der Waals surface area (Å²) < 4.78 is 6.08. The van der Waals surface area contributed by atoms with Crippen molar-refractivity contribution in [2.75, 3.05) is 7.11 Å². The van der Waals surface area contributed by atoms with Gasteiger partial charge in [0.25, 0.3) is 5.95 Å². The lowest BCUT2D eigenvalue weighted by Crippen LogP contribution is -2.05. The van der Waals surface area contributed by atoms with Gasteiger partial charge in [-0.25, -0.2) is 4.98 Å². The fourth-order valence-electron chi connectivity index (χ4n) is 1.17. The van der Waals surface area contributed by atoms with Gasteiger partial charge in [-0.3, -0.25) is 0 Å². The number of nitrogens with zero attached hydrogens (tertiary/aromatic N) is 6. The van der Waals surface area contributed by atoms with Crippen LogP contribution in [-0.2, 0) is 0 Å².